The fourth-order valence-corrected chi connectivity index (χ4v) is 2.43. The molecule has 2 N–H and O–H groups in total. The second kappa shape index (κ2) is 4.98. The summed E-state index contributed by atoms with van der Waals surface area (Å²) in [4.78, 5) is 4.36. The topological polar surface area (TPSA) is 56.7 Å². The number of aromatic nitrogens is 3. The van der Waals surface area contributed by atoms with Crippen molar-refractivity contribution in [2.75, 3.05) is 0 Å². The van der Waals surface area contributed by atoms with E-state index in [4.69, 9.17) is 5.73 Å². The Bertz CT molecular complexity index is 521. The summed E-state index contributed by atoms with van der Waals surface area (Å²) in [6, 6.07) is 3.67. The van der Waals surface area contributed by atoms with Gasteiger partial charge in [0.15, 0.2) is 0 Å². The van der Waals surface area contributed by atoms with Gasteiger partial charge in [-0.2, -0.15) is 5.10 Å². The van der Waals surface area contributed by atoms with Crippen molar-refractivity contribution in [2.24, 2.45) is 5.73 Å². The summed E-state index contributed by atoms with van der Waals surface area (Å²) < 4.78 is 2.82. The molecule has 90 valence electrons. The monoisotopic (exact) mass is 294 g/mol. The van der Waals surface area contributed by atoms with Gasteiger partial charge in [-0.05, 0) is 41.4 Å². The minimum absolute atomic E-state index is 0.256. The highest BCUT2D eigenvalue weighted by atomic mass is 79.9. The molecule has 2 rings (SSSR count). The lowest BCUT2D eigenvalue weighted by Crippen LogP contribution is -2.19. The zero-order valence-electron chi connectivity index (χ0n) is 9.89. The van der Waals surface area contributed by atoms with E-state index < -0.39 is 0 Å². The Kier molecular flexibility index (Phi) is 3.59. The Balaban J connectivity index is 2.47. The van der Waals surface area contributed by atoms with Gasteiger partial charge in [0.05, 0.1) is 28.1 Å². The zero-order chi connectivity index (χ0) is 12.4. The van der Waals surface area contributed by atoms with Crippen LogP contribution < -0.4 is 5.73 Å². The molecule has 0 aliphatic carbocycles. The van der Waals surface area contributed by atoms with Crippen molar-refractivity contribution in [1.29, 1.82) is 0 Å². The molecule has 0 spiro atoms. The first-order valence-corrected chi connectivity index (χ1v) is 6.32. The average Bonchev–Trinajstić information content (AvgIpc) is 2.70. The third kappa shape index (κ3) is 2.25. The smallest absolute Gasteiger partial charge is 0.0911 e. The summed E-state index contributed by atoms with van der Waals surface area (Å²) in [7, 11) is 0. The van der Waals surface area contributed by atoms with Crippen LogP contribution in [0.4, 0.5) is 0 Å². The van der Waals surface area contributed by atoms with Crippen molar-refractivity contribution >= 4 is 15.9 Å². The maximum atomic E-state index is 6.29. The number of rotatable bonds is 3. The highest BCUT2D eigenvalue weighted by Crippen LogP contribution is 2.27. The van der Waals surface area contributed by atoms with Crippen LogP contribution in [0.3, 0.4) is 0 Å². The number of nitrogens with two attached hydrogens (primary N) is 1. The minimum atomic E-state index is -0.256. The number of hydrogen-bond donors (Lipinski definition) is 1. The van der Waals surface area contributed by atoms with Crippen molar-refractivity contribution in [3.8, 4) is 0 Å². The van der Waals surface area contributed by atoms with E-state index in [-0.39, 0.29) is 6.04 Å². The molecule has 0 aliphatic rings. The Morgan fingerprint density at radius 1 is 1.53 bits per heavy atom. The van der Waals surface area contributed by atoms with Gasteiger partial charge in [-0.3, -0.25) is 9.67 Å². The lowest BCUT2D eigenvalue weighted by molar-refractivity contribution is 0.594. The molecule has 2 aromatic rings. The normalized spacial score (nSPS) is 12.7. The Morgan fingerprint density at radius 3 is 2.94 bits per heavy atom. The number of pyridine rings is 1. The van der Waals surface area contributed by atoms with Crippen molar-refractivity contribution < 1.29 is 0 Å². The van der Waals surface area contributed by atoms with Crippen molar-refractivity contribution in [3.05, 3.63) is 46.0 Å². The largest absolute Gasteiger partial charge is 0.318 e. The average molecular weight is 295 g/mol. The summed E-state index contributed by atoms with van der Waals surface area (Å²) in [6.45, 7) is 4.85. The van der Waals surface area contributed by atoms with Crippen LogP contribution in [0.25, 0.3) is 0 Å². The molecular formula is C12H15BrN4. The highest BCUT2D eigenvalue weighted by molar-refractivity contribution is 9.10. The SMILES string of the molecule is CCn1ncc(Br)c1C(N)c1ncccc1C. The van der Waals surface area contributed by atoms with E-state index in [1.807, 2.05) is 30.7 Å². The van der Waals surface area contributed by atoms with Crippen LogP contribution >= 0.6 is 15.9 Å². The molecule has 0 fully saturated rings. The van der Waals surface area contributed by atoms with E-state index in [0.717, 1.165) is 28.0 Å². The maximum absolute atomic E-state index is 6.29. The maximum Gasteiger partial charge on any atom is 0.0911 e. The third-order valence-electron chi connectivity index (χ3n) is 2.77. The Hall–Kier alpha value is -1.20. The van der Waals surface area contributed by atoms with E-state index in [2.05, 4.69) is 26.0 Å². The van der Waals surface area contributed by atoms with Gasteiger partial charge in [0.1, 0.15) is 0 Å². The molecule has 0 bridgehead atoms. The number of nitrogens with zero attached hydrogens (tertiary/aromatic N) is 3. The number of hydrogen-bond acceptors (Lipinski definition) is 3. The molecule has 2 heterocycles. The Labute approximate surface area is 109 Å². The van der Waals surface area contributed by atoms with Crippen LogP contribution in [0, 0.1) is 6.92 Å². The summed E-state index contributed by atoms with van der Waals surface area (Å²) >= 11 is 3.49. The van der Waals surface area contributed by atoms with E-state index >= 15 is 0 Å². The van der Waals surface area contributed by atoms with Gasteiger partial charge in [-0.15, -0.1) is 0 Å². The van der Waals surface area contributed by atoms with Gasteiger partial charge in [-0.1, -0.05) is 6.07 Å². The lowest BCUT2D eigenvalue weighted by atomic mass is 10.1. The molecule has 17 heavy (non-hydrogen) atoms. The minimum Gasteiger partial charge on any atom is -0.318 e. The first-order valence-electron chi connectivity index (χ1n) is 5.53. The summed E-state index contributed by atoms with van der Waals surface area (Å²) in [5, 5.41) is 4.27. The molecule has 1 atom stereocenters. The molecule has 5 heteroatoms. The standard InChI is InChI=1S/C12H15BrN4/c1-3-17-12(9(13)7-16-17)10(14)11-8(2)5-4-6-15-11/h4-7,10H,3,14H2,1-2H3. The zero-order valence-corrected chi connectivity index (χ0v) is 11.5. The van der Waals surface area contributed by atoms with Crippen LogP contribution in [-0.4, -0.2) is 14.8 Å². The van der Waals surface area contributed by atoms with Gasteiger partial charge in [0.2, 0.25) is 0 Å². The molecular weight excluding hydrogens is 280 g/mol. The summed E-state index contributed by atoms with van der Waals surface area (Å²) in [5.41, 5.74) is 9.24. The second-order valence-corrected chi connectivity index (χ2v) is 4.73. The Morgan fingerprint density at radius 2 is 2.29 bits per heavy atom. The quantitative estimate of drug-likeness (QED) is 0.946. The molecule has 0 saturated carbocycles. The van der Waals surface area contributed by atoms with Gasteiger partial charge in [-0.25, -0.2) is 0 Å². The van der Waals surface area contributed by atoms with Gasteiger partial charge >= 0.3 is 0 Å². The van der Waals surface area contributed by atoms with E-state index in [1.54, 1.807) is 12.4 Å². The van der Waals surface area contributed by atoms with Gasteiger partial charge in [0, 0.05) is 12.7 Å². The molecule has 0 aromatic carbocycles. The van der Waals surface area contributed by atoms with Crippen LogP contribution in [0.15, 0.2) is 29.0 Å². The first-order chi connectivity index (χ1) is 8.15. The molecule has 0 saturated heterocycles. The van der Waals surface area contributed by atoms with Crippen LogP contribution in [0.1, 0.15) is 29.9 Å². The molecule has 0 radical (unpaired) electrons. The van der Waals surface area contributed by atoms with Crippen LogP contribution in [0.5, 0.6) is 0 Å². The second-order valence-electron chi connectivity index (χ2n) is 3.88. The molecule has 1 unspecified atom stereocenters. The van der Waals surface area contributed by atoms with Crippen molar-refractivity contribution in [1.82, 2.24) is 14.8 Å². The predicted octanol–water partition coefficient (Wildman–Crippen LogP) is 2.42. The highest BCUT2D eigenvalue weighted by Gasteiger charge is 2.19. The first kappa shape index (κ1) is 12.3. The van der Waals surface area contributed by atoms with Gasteiger partial charge in [0.25, 0.3) is 0 Å². The van der Waals surface area contributed by atoms with E-state index in [1.165, 1.54) is 0 Å². The number of aryl methyl sites for hydroxylation is 2. The summed E-state index contributed by atoms with van der Waals surface area (Å²) in [6.07, 6.45) is 3.54. The van der Waals surface area contributed by atoms with Crippen molar-refractivity contribution in [3.63, 3.8) is 0 Å². The molecule has 2 aromatic heterocycles. The predicted molar refractivity (Wildman–Crippen MR) is 70.6 cm³/mol. The molecule has 0 amide bonds. The van der Waals surface area contributed by atoms with Gasteiger partial charge < -0.3 is 5.73 Å². The fraction of sp³-hybridized carbons (Fsp3) is 0.333. The lowest BCUT2D eigenvalue weighted by Gasteiger charge is -2.15. The van der Waals surface area contributed by atoms with Crippen LogP contribution in [-0.2, 0) is 6.54 Å². The molecule has 0 aliphatic heterocycles. The third-order valence-corrected chi connectivity index (χ3v) is 3.38. The van der Waals surface area contributed by atoms with E-state index in [0.29, 0.717) is 0 Å². The van der Waals surface area contributed by atoms with E-state index in [9.17, 15) is 0 Å². The fourth-order valence-electron chi connectivity index (χ4n) is 1.89. The van der Waals surface area contributed by atoms with Crippen molar-refractivity contribution in [2.45, 2.75) is 26.4 Å². The molecule has 4 nitrogen and oxygen atoms in total. The number of halogens is 1. The summed E-state index contributed by atoms with van der Waals surface area (Å²) in [5.74, 6) is 0. The van der Waals surface area contributed by atoms with Crippen LogP contribution in [0.2, 0.25) is 0 Å².